The van der Waals surface area contributed by atoms with Crippen molar-refractivity contribution < 1.29 is 9.66 Å². The summed E-state index contributed by atoms with van der Waals surface area (Å²) >= 11 is 5.69. The van der Waals surface area contributed by atoms with E-state index in [2.05, 4.69) is 0 Å². The average Bonchev–Trinajstić information content (AvgIpc) is 2.37. The van der Waals surface area contributed by atoms with Crippen molar-refractivity contribution in [1.82, 2.24) is 0 Å². The number of nitro benzene ring substituents is 1. The quantitative estimate of drug-likeness (QED) is 0.454. The van der Waals surface area contributed by atoms with E-state index in [0.29, 0.717) is 12.3 Å². The number of hydrogen-bond donors (Lipinski definition) is 0. The van der Waals surface area contributed by atoms with Crippen LogP contribution in [0.25, 0.3) is 0 Å². The van der Waals surface area contributed by atoms with Crippen molar-refractivity contribution >= 4 is 23.0 Å². The van der Waals surface area contributed by atoms with Crippen LogP contribution in [-0.2, 0) is 10.6 Å². The summed E-state index contributed by atoms with van der Waals surface area (Å²) in [5.41, 5.74) is 1.37. The predicted octanol–water partition coefficient (Wildman–Crippen LogP) is 2.80. The number of benzene rings is 1. The molecule has 0 aromatic heterocycles. The molecule has 0 spiro atoms. The molecule has 6 heteroatoms. The predicted molar refractivity (Wildman–Crippen MR) is 72.4 cm³/mol. The van der Waals surface area contributed by atoms with Gasteiger partial charge in [-0.05, 0) is 18.6 Å². The van der Waals surface area contributed by atoms with Crippen molar-refractivity contribution in [2.45, 2.75) is 18.8 Å². The maximum Gasteiger partial charge on any atom is 0.292 e. The van der Waals surface area contributed by atoms with Crippen molar-refractivity contribution in [2.24, 2.45) is 0 Å². The highest BCUT2D eigenvalue weighted by Crippen LogP contribution is 2.30. The fourth-order valence-electron chi connectivity index (χ4n) is 1.69. The summed E-state index contributed by atoms with van der Waals surface area (Å²) in [6.45, 7) is 2.45. The highest BCUT2D eigenvalue weighted by Gasteiger charge is 2.20. The van der Waals surface area contributed by atoms with Gasteiger partial charge in [0.25, 0.3) is 5.69 Å². The van der Waals surface area contributed by atoms with Crippen LogP contribution in [0.15, 0.2) is 18.2 Å². The number of alkyl halides is 1. The van der Waals surface area contributed by atoms with Gasteiger partial charge >= 0.3 is 0 Å². The van der Waals surface area contributed by atoms with Crippen LogP contribution in [0.2, 0.25) is 0 Å². The zero-order valence-electron chi connectivity index (χ0n) is 10.7. The Bertz CT molecular complexity index is 426. The molecule has 0 bridgehead atoms. The molecule has 0 saturated heterocycles. The maximum atomic E-state index is 11.1. The minimum absolute atomic E-state index is 0.0514. The van der Waals surface area contributed by atoms with E-state index in [1.165, 1.54) is 6.07 Å². The molecule has 0 aliphatic carbocycles. The van der Waals surface area contributed by atoms with Gasteiger partial charge in [0.05, 0.1) is 11.5 Å². The van der Waals surface area contributed by atoms with Gasteiger partial charge in [0.2, 0.25) is 0 Å². The highest BCUT2D eigenvalue weighted by atomic mass is 35.5. The number of halogens is 1. The molecule has 1 rings (SSSR count). The van der Waals surface area contributed by atoms with E-state index >= 15 is 0 Å². The summed E-state index contributed by atoms with van der Waals surface area (Å²) in [5, 5.41) is 11.1. The standard InChI is InChI=1S/C12H17ClN2O3/c1-9(8-18-3)14(2)11-5-4-10(7-13)6-12(11)15(16)17/h4-6,9H,7-8H2,1-3H3. The summed E-state index contributed by atoms with van der Waals surface area (Å²) in [6.07, 6.45) is 0. The Labute approximate surface area is 111 Å². The fourth-order valence-corrected chi connectivity index (χ4v) is 1.85. The molecule has 0 radical (unpaired) electrons. The van der Waals surface area contributed by atoms with E-state index in [1.807, 2.05) is 18.9 Å². The Morgan fingerprint density at radius 3 is 2.72 bits per heavy atom. The Hall–Kier alpha value is -1.33. The molecule has 0 N–H and O–H groups in total. The number of hydrogen-bond acceptors (Lipinski definition) is 4. The van der Waals surface area contributed by atoms with Crippen LogP contribution in [0.3, 0.4) is 0 Å². The second-order valence-corrected chi connectivity index (χ2v) is 4.40. The molecular weight excluding hydrogens is 256 g/mol. The van der Waals surface area contributed by atoms with Crippen LogP contribution in [0.4, 0.5) is 11.4 Å². The van der Waals surface area contributed by atoms with Gasteiger partial charge in [0.1, 0.15) is 5.69 Å². The maximum absolute atomic E-state index is 11.1. The third-order valence-corrected chi connectivity index (χ3v) is 3.15. The van der Waals surface area contributed by atoms with E-state index in [1.54, 1.807) is 19.2 Å². The van der Waals surface area contributed by atoms with Crippen LogP contribution in [0, 0.1) is 10.1 Å². The SMILES string of the molecule is COCC(C)N(C)c1ccc(CCl)cc1[N+](=O)[O-]. The molecule has 1 aromatic carbocycles. The van der Waals surface area contributed by atoms with Gasteiger partial charge < -0.3 is 9.64 Å². The van der Waals surface area contributed by atoms with Gasteiger partial charge in [0, 0.05) is 32.1 Å². The number of ether oxygens (including phenoxy) is 1. The molecule has 5 nitrogen and oxygen atoms in total. The molecule has 100 valence electrons. The van der Waals surface area contributed by atoms with Crippen molar-refractivity contribution in [2.75, 3.05) is 25.7 Å². The zero-order chi connectivity index (χ0) is 13.7. The van der Waals surface area contributed by atoms with Gasteiger partial charge in [-0.2, -0.15) is 0 Å². The Morgan fingerprint density at radius 2 is 2.22 bits per heavy atom. The highest BCUT2D eigenvalue weighted by molar-refractivity contribution is 6.17. The van der Waals surface area contributed by atoms with Crippen LogP contribution < -0.4 is 4.90 Å². The molecule has 0 aliphatic heterocycles. The second kappa shape index (κ2) is 6.56. The Balaban J connectivity index is 3.10. The average molecular weight is 273 g/mol. The van der Waals surface area contributed by atoms with Crippen LogP contribution in [0.1, 0.15) is 12.5 Å². The number of anilines is 1. The van der Waals surface area contributed by atoms with Crippen molar-refractivity contribution in [3.63, 3.8) is 0 Å². The molecule has 0 saturated carbocycles. The normalized spacial score (nSPS) is 12.2. The first kappa shape index (κ1) is 14.7. The minimum Gasteiger partial charge on any atom is -0.383 e. The van der Waals surface area contributed by atoms with Crippen LogP contribution in [-0.4, -0.2) is 31.7 Å². The third kappa shape index (κ3) is 3.34. The molecule has 0 fully saturated rings. The topological polar surface area (TPSA) is 55.6 Å². The van der Waals surface area contributed by atoms with Crippen molar-refractivity contribution in [3.8, 4) is 0 Å². The van der Waals surface area contributed by atoms with E-state index in [0.717, 1.165) is 5.56 Å². The number of methoxy groups -OCH3 is 1. The first-order valence-corrected chi connectivity index (χ1v) is 6.09. The van der Waals surface area contributed by atoms with Crippen molar-refractivity contribution in [3.05, 3.63) is 33.9 Å². The van der Waals surface area contributed by atoms with Crippen LogP contribution >= 0.6 is 11.6 Å². The summed E-state index contributed by atoms with van der Waals surface area (Å²) in [7, 11) is 3.42. The van der Waals surface area contributed by atoms with Gasteiger partial charge in [-0.15, -0.1) is 11.6 Å². The first-order valence-electron chi connectivity index (χ1n) is 5.56. The van der Waals surface area contributed by atoms with E-state index in [4.69, 9.17) is 16.3 Å². The molecule has 1 unspecified atom stereocenters. The van der Waals surface area contributed by atoms with Gasteiger partial charge in [-0.1, -0.05) is 6.07 Å². The molecule has 0 amide bonds. The molecule has 1 atom stereocenters. The summed E-state index contributed by atoms with van der Waals surface area (Å²) in [6, 6.07) is 5.08. The number of nitrogens with zero attached hydrogens (tertiary/aromatic N) is 2. The lowest BCUT2D eigenvalue weighted by Crippen LogP contribution is -2.33. The number of nitro groups is 1. The smallest absolute Gasteiger partial charge is 0.292 e. The Kier molecular flexibility index (Phi) is 5.37. The third-order valence-electron chi connectivity index (χ3n) is 2.84. The Morgan fingerprint density at radius 1 is 1.56 bits per heavy atom. The first-order chi connectivity index (χ1) is 8.51. The lowest BCUT2D eigenvalue weighted by Gasteiger charge is -2.26. The zero-order valence-corrected chi connectivity index (χ0v) is 11.5. The van der Waals surface area contributed by atoms with E-state index in [-0.39, 0.29) is 22.5 Å². The summed E-state index contributed by atoms with van der Waals surface area (Å²) in [5.74, 6) is 0.262. The van der Waals surface area contributed by atoms with Gasteiger partial charge in [-0.3, -0.25) is 10.1 Å². The number of likely N-dealkylation sites (N-methyl/N-ethyl adjacent to an activating group) is 1. The minimum atomic E-state index is -0.387. The summed E-state index contributed by atoms with van der Waals surface area (Å²) in [4.78, 5) is 12.5. The largest absolute Gasteiger partial charge is 0.383 e. The van der Waals surface area contributed by atoms with Crippen LogP contribution in [0.5, 0.6) is 0 Å². The molecule has 0 heterocycles. The molecule has 0 aliphatic rings. The fraction of sp³-hybridized carbons (Fsp3) is 0.500. The molecular formula is C12H17ClN2O3. The monoisotopic (exact) mass is 272 g/mol. The summed E-state index contributed by atoms with van der Waals surface area (Å²) < 4.78 is 5.06. The number of rotatable bonds is 6. The second-order valence-electron chi connectivity index (χ2n) is 4.13. The molecule has 1 aromatic rings. The molecule has 18 heavy (non-hydrogen) atoms. The lowest BCUT2D eigenvalue weighted by molar-refractivity contribution is -0.384. The van der Waals surface area contributed by atoms with Crippen molar-refractivity contribution in [1.29, 1.82) is 0 Å². The lowest BCUT2D eigenvalue weighted by atomic mass is 10.1. The van der Waals surface area contributed by atoms with E-state index in [9.17, 15) is 10.1 Å². The van der Waals surface area contributed by atoms with E-state index < -0.39 is 0 Å². The van der Waals surface area contributed by atoms with Gasteiger partial charge in [-0.25, -0.2) is 0 Å². The van der Waals surface area contributed by atoms with Gasteiger partial charge in [0.15, 0.2) is 0 Å².